The number of aliphatic hydroxyl groups is 7. The van der Waals surface area contributed by atoms with Crippen LogP contribution in [-0.4, -0.2) is 142 Å². The Morgan fingerprint density at radius 1 is 0.627 bits per heavy atom. The number of hydrogen-bond acceptors (Lipinski definition) is 14. The third kappa shape index (κ3) is 17.6. The Balaban J connectivity index is 1.84. The zero-order chi connectivity index (χ0) is 37.4. The minimum Gasteiger partial charge on any atom is -0.457 e. The van der Waals surface area contributed by atoms with Crippen molar-refractivity contribution >= 4 is 5.97 Å². The van der Waals surface area contributed by atoms with E-state index in [4.69, 9.17) is 28.4 Å². The first-order valence-corrected chi connectivity index (χ1v) is 19.3. The van der Waals surface area contributed by atoms with Crippen molar-refractivity contribution in [2.75, 3.05) is 33.0 Å². The highest BCUT2D eigenvalue weighted by molar-refractivity contribution is 5.69. The second-order valence-corrected chi connectivity index (χ2v) is 13.8. The van der Waals surface area contributed by atoms with Gasteiger partial charge in [0, 0.05) is 13.0 Å². The minimum absolute atomic E-state index is 0.0591. The van der Waals surface area contributed by atoms with Gasteiger partial charge in [-0.05, 0) is 32.1 Å². The molecule has 0 saturated carbocycles. The second-order valence-electron chi connectivity index (χ2n) is 13.8. The molecule has 14 heteroatoms. The zero-order valence-electron chi connectivity index (χ0n) is 30.8. The molecule has 2 aliphatic rings. The Morgan fingerprint density at radius 3 is 1.84 bits per heavy atom. The quantitative estimate of drug-likeness (QED) is 0.0349. The molecule has 2 heterocycles. The van der Waals surface area contributed by atoms with Crippen molar-refractivity contribution in [1.82, 2.24) is 0 Å². The molecule has 0 amide bonds. The van der Waals surface area contributed by atoms with Crippen molar-refractivity contribution in [1.29, 1.82) is 0 Å². The van der Waals surface area contributed by atoms with Crippen LogP contribution in [0.1, 0.15) is 117 Å². The summed E-state index contributed by atoms with van der Waals surface area (Å²) in [6.07, 6.45) is 4.90. The minimum atomic E-state index is -1.70. The molecule has 0 radical (unpaired) electrons. The van der Waals surface area contributed by atoms with Crippen molar-refractivity contribution in [3.8, 4) is 0 Å². The van der Waals surface area contributed by atoms with Gasteiger partial charge >= 0.3 is 5.97 Å². The van der Waals surface area contributed by atoms with E-state index in [0.29, 0.717) is 13.0 Å². The molecular formula is C37H68O14. The van der Waals surface area contributed by atoms with Crippen LogP contribution in [0, 0.1) is 0 Å². The van der Waals surface area contributed by atoms with Gasteiger partial charge in [-0.25, -0.2) is 0 Å². The summed E-state index contributed by atoms with van der Waals surface area (Å²) >= 11 is 0. The Labute approximate surface area is 304 Å². The van der Waals surface area contributed by atoms with Gasteiger partial charge in [-0.15, -0.1) is 0 Å². The molecule has 0 bridgehead atoms. The highest BCUT2D eigenvalue weighted by Crippen LogP contribution is 2.26. The monoisotopic (exact) mass is 736 g/mol. The van der Waals surface area contributed by atoms with E-state index in [2.05, 4.69) is 26.0 Å². The van der Waals surface area contributed by atoms with Crippen LogP contribution >= 0.6 is 0 Å². The van der Waals surface area contributed by atoms with Gasteiger partial charge in [-0.2, -0.15) is 0 Å². The number of carbonyl (C=O) groups is 1. The van der Waals surface area contributed by atoms with Crippen LogP contribution in [-0.2, 0) is 33.2 Å². The van der Waals surface area contributed by atoms with Gasteiger partial charge < -0.3 is 64.2 Å². The molecule has 2 fully saturated rings. The number of esters is 1. The lowest BCUT2D eigenvalue weighted by atomic mass is 9.98. The predicted octanol–water partition coefficient (Wildman–Crippen LogP) is 2.39. The second kappa shape index (κ2) is 27.3. The van der Waals surface area contributed by atoms with Crippen LogP contribution in [0.15, 0.2) is 12.2 Å². The van der Waals surface area contributed by atoms with Crippen LogP contribution in [0.4, 0.5) is 0 Å². The third-order valence-electron chi connectivity index (χ3n) is 9.27. The average molecular weight is 737 g/mol. The molecule has 11 atom stereocenters. The lowest BCUT2D eigenvalue weighted by Crippen LogP contribution is -2.61. The summed E-state index contributed by atoms with van der Waals surface area (Å²) in [5.74, 6) is -0.393. The van der Waals surface area contributed by atoms with E-state index in [0.717, 1.165) is 51.4 Å². The number of ether oxygens (including phenoxy) is 6. The van der Waals surface area contributed by atoms with Crippen molar-refractivity contribution in [3.05, 3.63) is 12.2 Å². The predicted molar refractivity (Wildman–Crippen MR) is 187 cm³/mol. The van der Waals surface area contributed by atoms with Gasteiger partial charge in [0.05, 0.1) is 26.4 Å². The summed E-state index contributed by atoms with van der Waals surface area (Å²) in [7, 11) is 0. The van der Waals surface area contributed by atoms with Gasteiger partial charge in [0.2, 0.25) is 0 Å². The summed E-state index contributed by atoms with van der Waals surface area (Å²) in [5, 5.41) is 71.4. The Hall–Kier alpha value is -1.27. The van der Waals surface area contributed by atoms with Crippen molar-refractivity contribution in [2.45, 2.75) is 184 Å². The summed E-state index contributed by atoms with van der Waals surface area (Å²) in [5.41, 5.74) is 0. The fraction of sp³-hybridized carbons (Fsp3) is 0.919. The lowest BCUT2D eigenvalue weighted by Gasteiger charge is -2.42. The van der Waals surface area contributed by atoms with Gasteiger partial charge in [0.25, 0.3) is 0 Å². The average Bonchev–Trinajstić information content (AvgIpc) is 3.12. The Kier molecular flexibility index (Phi) is 24.6. The smallest absolute Gasteiger partial charge is 0.306 e. The van der Waals surface area contributed by atoms with E-state index in [9.17, 15) is 40.5 Å². The largest absolute Gasteiger partial charge is 0.457 e. The molecule has 7 N–H and O–H groups in total. The number of allylic oxidation sites excluding steroid dienone is 2. The van der Waals surface area contributed by atoms with Crippen LogP contribution in [0.3, 0.4) is 0 Å². The summed E-state index contributed by atoms with van der Waals surface area (Å²) in [4.78, 5) is 12.7. The fourth-order valence-electron chi connectivity index (χ4n) is 5.97. The summed E-state index contributed by atoms with van der Waals surface area (Å²) in [6.45, 7) is 3.51. The van der Waals surface area contributed by atoms with Crippen LogP contribution < -0.4 is 0 Å². The first-order chi connectivity index (χ1) is 24.6. The summed E-state index contributed by atoms with van der Waals surface area (Å²) < 4.78 is 33.8. The van der Waals surface area contributed by atoms with Gasteiger partial charge in [0.1, 0.15) is 54.9 Å². The van der Waals surface area contributed by atoms with E-state index in [1.165, 1.54) is 38.5 Å². The third-order valence-corrected chi connectivity index (χ3v) is 9.27. The van der Waals surface area contributed by atoms with Crippen LogP contribution in [0.5, 0.6) is 0 Å². The molecule has 2 aliphatic heterocycles. The summed E-state index contributed by atoms with van der Waals surface area (Å²) in [6, 6.07) is 0. The van der Waals surface area contributed by atoms with E-state index in [-0.39, 0.29) is 19.6 Å². The number of unbranched alkanes of at least 4 members (excludes halogenated alkanes) is 12. The van der Waals surface area contributed by atoms with Gasteiger partial charge in [-0.3, -0.25) is 4.79 Å². The standard InChI is InChI=1S/C37H68O14/c1-3-5-7-9-10-11-12-13-14-15-17-19-21-46-23-26(49-29(39)20-18-16-8-6-4-2)24-47-36-35(45)33(43)31(41)28(51-36)25-48-37-34(44)32(42)30(40)27(22-38)50-37/h9-10,26-28,30-38,40-45H,3-8,11-25H2,1-2H3/b10-9-. The maximum absolute atomic E-state index is 12.7. The molecule has 51 heavy (non-hydrogen) atoms. The molecule has 0 aromatic heterocycles. The van der Waals surface area contributed by atoms with Gasteiger partial charge in [0.15, 0.2) is 12.6 Å². The van der Waals surface area contributed by atoms with Crippen molar-refractivity contribution in [2.24, 2.45) is 0 Å². The molecule has 11 unspecified atom stereocenters. The molecular weight excluding hydrogens is 668 g/mol. The maximum Gasteiger partial charge on any atom is 0.306 e. The lowest BCUT2D eigenvalue weighted by molar-refractivity contribution is -0.332. The maximum atomic E-state index is 12.7. The zero-order valence-corrected chi connectivity index (χ0v) is 30.8. The van der Waals surface area contributed by atoms with Crippen LogP contribution in [0.25, 0.3) is 0 Å². The van der Waals surface area contributed by atoms with E-state index in [1.807, 2.05) is 0 Å². The number of rotatable bonds is 28. The van der Waals surface area contributed by atoms with E-state index in [1.54, 1.807) is 0 Å². The molecule has 0 spiro atoms. The molecule has 300 valence electrons. The number of hydrogen-bond donors (Lipinski definition) is 7. The topological polar surface area (TPSA) is 214 Å². The molecule has 2 saturated heterocycles. The molecule has 14 nitrogen and oxygen atoms in total. The van der Waals surface area contributed by atoms with Crippen LogP contribution in [0.2, 0.25) is 0 Å². The van der Waals surface area contributed by atoms with Crippen molar-refractivity contribution < 1.29 is 69.0 Å². The SMILES string of the molecule is CCCC/C=C\CCCCCCCCOCC(COC1OC(COC2OC(CO)C(O)C(O)C2O)C(O)C(O)C1O)OC(=O)CCCCCCC. The normalized spacial score (nSPS) is 30.5. The van der Waals surface area contributed by atoms with Gasteiger partial charge in [-0.1, -0.05) is 90.2 Å². The molecule has 0 aromatic carbocycles. The first kappa shape index (κ1) is 45.9. The number of carbonyl (C=O) groups excluding carboxylic acids is 1. The first-order valence-electron chi connectivity index (χ1n) is 19.3. The highest BCUT2D eigenvalue weighted by atomic mass is 16.7. The Bertz CT molecular complexity index is 907. The number of aliphatic hydroxyl groups excluding tert-OH is 7. The van der Waals surface area contributed by atoms with E-state index >= 15 is 0 Å². The fourth-order valence-corrected chi connectivity index (χ4v) is 5.97. The van der Waals surface area contributed by atoms with Crippen molar-refractivity contribution in [3.63, 3.8) is 0 Å². The van der Waals surface area contributed by atoms with E-state index < -0.39 is 86.7 Å². The Morgan fingerprint density at radius 2 is 1.18 bits per heavy atom. The molecule has 0 aromatic rings. The molecule has 0 aliphatic carbocycles. The highest BCUT2D eigenvalue weighted by Gasteiger charge is 2.47. The molecule has 2 rings (SSSR count).